The van der Waals surface area contributed by atoms with Gasteiger partial charge in [-0.1, -0.05) is 116 Å². The van der Waals surface area contributed by atoms with Crippen LogP contribution in [0.15, 0.2) is 127 Å². The second-order valence-electron chi connectivity index (χ2n) is 7.59. The molecule has 1 N–H and O–H groups in total. The second-order valence-corrected chi connectivity index (χ2v) is 7.59. The highest BCUT2D eigenvalue weighted by atomic mass is 14.9. The largest absolute Gasteiger partial charge is 0.381 e. The molecular formula is C30H30N2. The highest BCUT2D eigenvalue weighted by molar-refractivity contribution is 6.01. The van der Waals surface area contributed by atoms with Crippen molar-refractivity contribution in [1.82, 2.24) is 5.32 Å². The summed E-state index contributed by atoms with van der Waals surface area (Å²) in [4.78, 5) is 5.00. The van der Waals surface area contributed by atoms with Crippen LogP contribution in [0.5, 0.6) is 0 Å². The molecule has 0 atom stereocenters. The minimum atomic E-state index is 0.699. The van der Waals surface area contributed by atoms with E-state index in [1.807, 2.05) is 43.3 Å². The van der Waals surface area contributed by atoms with Crippen LogP contribution in [0.25, 0.3) is 16.8 Å². The third kappa shape index (κ3) is 6.05. The first-order valence-electron chi connectivity index (χ1n) is 10.8. The molecule has 0 saturated carbocycles. The van der Waals surface area contributed by atoms with Crippen LogP contribution in [0.3, 0.4) is 0 Å². The van der Waals surface area contributed by atoms with E-state index in [1.165, 1.54) is 5.57 Å². The van der Waals surface area contributed by atoms with Gasteiger partial charge in [-0.05, 0) is 36.6 Å². The lowest BCUT2D eigenvalue weighted by atomic mass is 9.96. The number of benzene rings is 3. The molecule has 0 aliphatic heterocycles. The van der Waals surface area contributed by atoms with Crippen LogP contribution in [0.2, 0.25) is 0 Å². The smallest absolute Gasteiger partial charge is 0.0732 e. The first kappa shape index (κ1) is 22.8. The molecule has 2 heteroatoms. The Balaban J connectivity index is 2.01. The Kier molecular flexibility index (Phi) is 8.16. The maximum Gasteiger partial charge on any atom is 0.0732 e. The van der Waals surface area contributed by atoms with Gasteiger partial charge in [0.25, 0.3) is 0 Å². The zero-order valence-electron chi connectivity index (χ0n) is 18.9. The molecule has 0 bridgehead atoms. The number of aliphatic imine (C=N–C) groups is 1. The van der Waals surface area contributed by atoms with E-state index in [1.54, 1.807) is 6.08 Å². The lowest BCUT2D eigenvalue weighted by Crippen LogP contribution is -2.14. The highest BCUT2D eigenvalue weighted by Gasteiger charge is 2.13. The van der Waals surface area contributed by atoms with Gasteiger partial charge in [-0.15, -0.1) is 0 Å². The molecule has 3 aromatic rings. The Morgan fingerprint density at radius 3 is 2.25 bits per heavy atom. The Morgan fingerprint density at radius 2 is 1.56 bits per heavy atom. The standard InChI is InChI=1S/C30H30N2/c1-5-6-9-15-23(2)22-31-25(4)30-28(27-18-12-8-13-19-27)20-14-21-29(30)32-24(3)26-16-10-7-11-17-26/h5-21,31H,1,4,22H2,2-3H3/b9-6-,23-15+,32-24+. The number of nitrogens with zero attached hydrogens (tertiary/aromatic N) is 1. The van der Waals surface area contributed by atoms with Crippen molar-refractivity contribution in [3.8, 4) is 11.1 Å². The van der Waals surface area contributed by atoms with Crippen molar-refractivity contribution in [2.75, 3.05) is 6.54 Å². The Hall–Kier alpha value is -3.91. The van der Waals surface area contributed by atoms with Crippen LogP contribution in [-0.2, 0) is 0 Å². The fourth-order valence-corrected chi connectivity index (χ4v) is 3.43. The Labute approximate surface area is 192 Å². The van der Waals surface area contributed by atoms with Crippen molar-refractivity contribution >= 4 is 17.1 Å². The first-order valence-corrected chi connectivity index (χ1v) is 10.8. The van der Waals surface area contributed by atoms with E-state index < -0.39 is 0 Å². The zero-order valence-corrected chi connectivity index (χ0v) is 18.9. The predicted octanol–water partition coefficient (Wildman–Crippen LogP) is 7.74. The van der Waals surface area contributed by atoms with E-state index in [4.69, 9.17) is 4.99 Å². The van der Waals surface area contributed by atoms with Gasteiger partial charge in [0.1, 0.15) is 0 Å². The second kappa shape index (κ2) is 11.5. The van der Waals surface area contributed by atoms with Gasteiger partial charge < -0.3 is 5.32 Å². The zero-order chi connectivity index (χ0) is 22.8. The van der Waals surface area contributed by atoms with Gasteiger partial charge in [-0.2, -0.15) is 0 Å². The predicted molar refractivity (Wildman–Crippen MR) is 140 cm³/mol. The summed E-state index contributed by atoms with van der Waals surface area (Å²) in [5.41, 5.74) is 8.29. The molecule has 0 aliphatic rings. The topological polar surface area (TPSA) is 24.4 Å². The minimum Gasteiger partial charge on any atom is -0.381 e. The number of allylic oxidation sites excluding steroid dienone is 4. The molecule has 160 valence electrons. The third-order valence-corrected chi connectivity index (χ3v) is 5.12. The van der Waals surface area contributed by atoms with Crippen molar-refractivity contribution in [2.45, 2.75) is 13.8 Å². The summed E-state index contributed by atoms with van der Waals surface area (Å²) in [6.45, 7) is 12.9. The maximum absolute atomic E-state index is 5.00. The molecule has 0 saturated heterocycles. The summed E-state index contributed by atoms with van der Waals surface area (Å²) < 4.78 is 0. The van der Waals surface area contributed by atoms with Crippen LogP contribution in [-0.4, -0.2) is 12.3 Å². The van der Waals surface area contributed by atoms with E-state index >= 15 is 0 Å². The molecule has 0 aliphatic carbocycles. The lowest BCUT2D eigenvalue weighted by molar-refractivity contribution is 0.958. The molecule has 0 radical (unpaired) electrons. The molecule has 0 unspecified atom stereocenters. The van der Waals surface area contributed by atoms with Gasteiger partial charge in [-0.25, -0.2) is 0 Å². The number of rotatable bonds is 9. The Morgan fingerprint density at radius 1 is 0.875 bits per heavy atom. The van der Waals surface area contributed by atoms with Crippen LogP contribution < -0.4 is 5.32 Å². The summed E-state index contributed by atoms with van der Waals surface area (Å²) in [6.07, 6.45) is 7.75. The molecule has 32 heavy (non-hydrogen) atoms. The average Bonchev–Trinajstić information content (AvgIpc) is 2.83. The van der Waals surface area contributed by atoms with Crippen LogP contribution >= 0.6 is 0 Å². The quantitative estimate of drug-likeness (QED) is 0.279. The van der Waals surface area contributed by atoms with Crippen molar-refractivity contribution in [2.24, 2.45) is 4.99 Å². The molecule has 3 rings (SSSR count). The minimum absolute atomic E-state index is 0.699. The summed E-state index contributed by atoms with van der Waals surface area (Å²) in [7, 11) is 0. The number of nitrogens with one attached hydrogen (secondary N) is 1. The lowest BCUT2D eigenvalue weighted by Gasteiger charge is -2.17. The van der Waals surface area contributed by atoms with Gasteiger partial charge in [-0.3, -0.25) is 4.99 Å². The van der Waals surface area contributed by atoms with Crippen LogP contribution in [0, 0.1) is 0 Å². The highest BCUT2D eigenvalue weighted by Crippen LogP contribution is 2.35. The molecule has 0 heterocycles. The number of hydrogen-bond acceptors (Lipinski definition) is 2. The maximum atomic E-state index is 5.00. The summed E-state index contributed by atoms with van der Waals surface area (Å²) >= 11 is 0. The average molecular weight is 419 g/mol. The van der Waals surface area contributed by atoms with Crippen LogP contribution in [0.4, 0.5) is 5.69 Å². The van der Waals surface area contributed by atoms with Gasteiger partial charge in [0.05, 0.1) is 5.69 Å². The van der Waals surface area contributed by atoms with E-state index in [-0.39, 0.29) is 0 Å². The van der Waals surface area contributed by atoms with Crippen molar-refractivity contribution in [3.05, 3.63) is 133 Å². The Bertz CT molecular complexity index is 1150. The molecule has 3 aromatic carbocycles. The van der Waals surface area contributed by atoms with E-state index in [0.29, 0.717) is 6.54 Å². The van der Waals surface area contributed by atoms with E-state index in [9.17, 15) is 0 Å². The summed E-state index contributed by atoms with van der Waals surface area (Å²) in [5.74, 6) is 0. The monoisotopic (exact) mass is 418 g/mol. The molecule has 0 spiro atoms. The van der Waals surface area contributed by atoms with Crippen molar-refractivity contribution in [1.29, 1.82) is 0 Å². The fraction of sp³-hybridized carbons (Fsp3) is 0.100. The SMILES string of the molecule is C=C/C=C\C=C(/C)CNC(=C)c1c(/N=C(\C)c2ccccc2)cccc1-c1ccccc1. The summed E-state index contributed by atoms with van der Waals surface area (Å²) in [6, 6.07) is 26.9. The van der Waals surface area contributed by atoms with Gasteiger partial charge in [0.2, 0.25) is 0 Å². The molecule has 0 amide bonds. The van der Waals surface area contributed by atoms with Crippen molar-refractivity contribution in [3.63, 3.8) is 0 Å². The molecular weight excluding hydrogens is 388 g/mol. The molecule has 0 fully saturated rings. The summed E-state index contributed by atoms with van der Waals surface area (Å²) in [5, 5.41) is 3.50. The fourth-order valence-electron chi connectivity index (χ4n) is 3.43. The molecule has 2 nitrogen and oxygen atoms in total. The normalized spacial score (nSPS) is 12.1. The number of hydrogen-bond donors (Lipinski definition) is 1. The first-order chi connectivity index (χ1) is 15.6. The molecule has 0 aromatic heterocycles. The van der Waals surface area contributed by atoms with E-state index in [2.05, 4.69) is 86.1 Å². The van der Waals surface area contributed by atoms with Gasteiger partial charge in [0.15, 0.2) is 0 Å². The third-order valence-electron chi connectivity index (χ3n) is 5.12. The van der Waals surface area contributed by atoms with Crippen LogP contribution in [0.1, 0.15) is 25.0 Å². The van der Waals surface area contributed by atoms with E-state index in [0.717, 1.165) is 39.3 Å². The van der Waals surface area contributed by atoms with Gasteiger partial charge >= 0.3 is 0 Å². The van der Waals surface area contributed by atoms with Gasteiger partial charge in [0, 0.05) is 23.5 Å². The van der Waals surface area contributed by atoms with Crippen molar-refractivity contribution < 1.29 is 0 Å².